The van der Waals surface area contributed by atoms with Crippen molar-refractivity contribution >= 4 is 50.4 Å². The molecule has 4 rings (SSSR count). The van der Waals surface area contributed by atoms with Crippen LogP contribution in [0, 0.1) is 0 Å². The maximum absolute atomic E-state index is 13.0. The molecule has 0 atom stereocenters. The number of amides is 2. The Labute approximate surface area is 183 Å². The third kappa shape index (κ3) is 4.18. The van der Waals surface area contributed by atoms with Crippen molar-refractivity contribution in [3.8, 4) is 0 Å². The standard InChI is InChI=1S/C24H21N3O3S/c1-26(2)24(30)31-21-14-8-5-11-18(21)25-22(28)15-27-19-12-6-3-9-16(19)23(29)17-10-4-7-13-20(17)27/h3-14H,15H2,1-2H3,(H,25,28). The topological polar surface area (TPSA) is 71.4 Å². The van der Waals surface area contributed by atoms with E-state index in [0.717, 1.165) is 11.8 Å². The van der Waals surface area contributed by atoms with E-state index in [2.05, 4.69) is 5.32 Å². The van der Waals surface area contributed by atoms with E-state index >= 15 is 0 Å². The molecule has 1 heterocycles. The lowest BCUT2D eigenvalue weighted by atomic mass is 10.1. The van der Waals surface area contributed by atoms with Crippen LogP contribution in [0.5, 0.6) is 0 Å². The number of nitrogens with zero attached hydrogens (tertiary/aromatic N) is 2. The molecule has 0 bridgehead atoms. The van der Waals surface area contributed by atoms with Crippen molar-refractivity contribution in [3.63, 3.8) is 0 Å². The van der Waals surface area contributed by atoms with Gasteiger partial charge in [-0.15, -0.1) is 0 Å². The Morgan fingerprint density at radius 3 is 2.03 bits per heavy atom. The lowest BCUT2D eigenvalue weighted by Gasteiger charge is -2.16. The second-order valence-electron chi connectivity index (χ2n) is 7.26. The third-order valence-electron chi connectivity index (χ3n) is 4.90. The number of pyridine rings is 1. The molecular formula is C24H21N3O3S. The van der Waals surface area contributed by atoms with Crippen molar-refractivity contribution in [3.05, 3.63) is 83.0 Å². The van der Waals surface area contributed by atoms with Crippen LogP contribution in [0.3, 0.4) is 0 Å². The maximum atomic E-state index is 13.0. The van der Waals surface area contributed by atoms with Crippen molar-refractivity contribution < 1.29 is 9.59 Å². The zero-order chi connectivity index (χ0) is 22.0. The quantitative estimate of drug-likeness (QED) is 0.380. The number of rotatable bonds is 4. The fraction of sp³-hybridized carbons (Fsp3) is 0.125. The monoisotopic (exact) mass is 431 g/mol. The number of nitrogens with one attached hydrogen (secondary N) is 1. The van der Waals surface area contributed by atoms with Crippen molar-refractivity contribution in [2.45, 2.75) is 11.4 Å². The van der Waals surface area contributed by atoms with Crippen molar-refractivity contribution in [1.82, 2.24) is 9.47 Å². The van der Waals surface area contributed by atoms with Gasteiger partial charge in [-0.3, -0.25) is 14.4 Å². The summed E-state index contributed by atoms with van der Waals surface area (Å²) < 4.78 is 1.85. The molecule has 0 unspecified atom stereocenters. The lowest BCUT2D eigenvalue weighted by Crippen LogP contribution is -2.22. The molecule has 2 amide bonds. The second kappa shape index (κ2) is 8.65. The summed E-state index contributed by atoms with van der Waals surface area (Å²) in [7, 11) is 3.37. The van der Waals surface area contributed by atoms with Gasteiger partial charge in [-0.25, -0.2) is 0 Å². The maximum Gasteiger partial charge on any atom is 0.286 e. The fourth-order valence-corrected chi connectivity index (χ4v) is 4.17. The number of aromatic nitrogens is 1. The van der Waals surface area contributed by atoms with E-state index in [1.807, 2.05) is 53.1 Å². The first-order valence-electron chi connectivity index (χ1n) is 9.74. The van der Waals surface area contributed by atoms with Crippen LogP contribution in [0.2, 0.25) is 0 Å². The molecule has 0 aliphatic rings. The predicted molar refractivity (Wildman–Crippen MR) is 126 cm³/mol. The molecule has 3 aromatic carbocycles. The molecule has 31 heavy (non-hydrogen) atoms. The molecule has 1 N–H and O–H groups in total. The van der Waals surface area contributed by atoms with Crippen LogP contribution in [0.15, 0.2) is 82.5 Å². The highest BCUT2D eigenvalue weighted by Crippen LogP contribution is 2.29. The minimum absolute atomic E-state index is 0.0297. The molecule has 6 nitrogen and oxygen atoms in total. The van der Waals surface area contributed by atoms with Crippen molar-refractivity contribution in [2.24, 2.45) is 0 Å². The van der Waals surface area contributed by atoms with Crippen LogP contribution in [-0.2, 0) is 11.3 Å². The average molecular weight is 432 g/mol. The van der Waals surface area contributed by atoms with E-state index in [1.165, 1.54) is 4.90 Å². The van der Waals surface area contributed by atoms with Crippen LogP contribution in [0.25, 0.3) is 21.8 Å². The summed E-state index contributed by atoms with van der Waals surface area (Å²) in [6, 6.07) is 21.8. The summed E-state index contributed by atoms with van der Waals surface area (Å²) in [5.41, 5.74) is 1.92. The molecule has 0 aliphatic carbocycles. The Hall–Kier alpha value is -3.58. The Kier molecular flexibility index (Phi) is 5.77. The number of thioether (sulfide) groups is 1. The van der Waals surface area contributed by atoms with Gasteiger partial charge >= 0.3 is 0 Å². The van der Waals surface area contributed by atoms with E-state index in [0.29, 0.717) is 32.4 Å². The van der Waals surface area contributed by atoms with E-state index < -0.39 is 0 Å². The minimum Gasteiger partial charge on any atom is -0.339 e. The Balaban J connectivity index is 1.70. The van der Waals surface area contributed by atoms with Gasteiger partial charge in [0.1, 0.15) is 6.54 Å². The molecule has 0 aliphatic heterocycles. The largest absolute Gasteiger partial charge is 0.339 e. The normalized spacial score (nSPS) is 10.9. The first-order chi connectivity index (χ1) is 15.0. The Bertz CT molecular complexity index is 1300. The highest BCUT2D eigenvalue weighted by Gasteiger charge is 2.15. The number of anilines is 1. The number of fused-ring (bicyclic) bond motifs is 2. The smallest absolute Gasteiger partial charge is 0.286 e. The third-order valence-corrected chi connectivity index (χ3v) is 6.02. The molecule has 0 saturated heterocycles. The minimum atomic E-state index is -0.246. The second-order valence-corrected chi connectivity index (χ2v) is 8.25. The van der Waals surface area contributed by atoms with Crippen LogP contribution in [0.4, 0.5) is 10.5 Å². The lowest BCUT2D eigenvalue weighted by molar-refractivity contribution is -0.116. The van der Waals surface area contributed by atoms with Gasteiger partial charge in [0.25, 0.3) is 5.24 Å². The van der Waals surface area contributed by atoms with Crippen LogP contribution < -0.4 is 10.7 Å². The van der Waals surface area contributed by atoms with Gasteiger partial charge in [0.2, 0.25) is 5.91 Å². The van der Waals surface area contributed by atoms with Crippen LogP contribution in [0.1, 0.15) is 0 Å². The van der Waals surface area contributed by atoms with Gasteiger partial charge in [0, 0.05) is 29.8 Å². The van der Waals surface area contributed by atoms with E-state index in [1.54, 1.807) is 38.4 Å². The summed E-state index contributed by atoms with van der Waals surface area (Å²) in [6.07, 6.45) is 0. The molecule has 0 saturated carbocycles. The number of hydrogen-bond acceptors (Lipinski definition) is 4. The average Bonchev–Trinajstić information content (AvgIpc) is 2.78. The molecule has 7 heteroatoms. The molecule has 1 aromatic heterocycles. The first-order valence-corrected chi connectivity index (χ1v) is 10.6. The summed E-state index contributed by atoms with van der Waals surface area (Å²) in [4.78, 5) is 40.1. The highest BCUT2D eigenvalue weighted by molar-refractivity contribution is 8.13. The highest BCUT2D eigenvalue weighted by atomic mass is 32.2. The SMILES string of the molecule is CN(C)C(=O)Sc1ccccc1NC(=O)Cn1c2ccccc2c(=O)c2ccccc21. The molecule has 0 fully saturated rings. The summed E-state index contributed by atoms with van der Waals surface area (Å²) in [5, 5.41) is 3.93. The fourth-order valence-electron chi connectivity index (χ4n) is 3.42. The van der Waals surface area contributed by atoms with Crippen molar-refractivity contribution in [1.29, 1.82) is 0 Å². The summed E-state index contributed by atoms with van der Waals surface area (Å²) in [6.45, 7) is 0.0297. The number of para-hydroxylation sites is 3. The molecule has 156 valence electrons. The van der Waals surface area contributed by atoms with Gasteiger partial charge in [-0.1, -0.05) is 36.4 Å². The van der Waals surface area contributed by atoms with Gasteiger partial charge in [0.05, 0.1) is 16.7 Å². The van der Waals surface area contributed by atoms with Crippen LogP contribution >= 0.6 is 11.8 Å². The Morgan fingerprint density at radius 2 is 1.42 bits per heavy atom. The van der Waals surface area contributed by atoms with Crippen molar-refractivity contribution in [2.75, 3.05) is 19.4 Å². The van der Waals surface area contributed by atoms with Gasteiger partial charge in [0.15, 0.2) is 5.43 Å². The zero-order valence-corrected chi connectivity index (χ0v) is 18.0. The number of hydrogen-bond donors (Lipinski definition) is 1. The number of carbonyl (C=O) groups excluding carboxylic acids is 2. The molecular weight excluding hydrogens is 410 g/mol. The van der Waals surface area contributed by atoms with Gasteiger partial charge in [-0.2, -0.15) is 0 Å². The van der Waals surface area contributed by atoms with E-state index in [4.69, 9.17) is 0 Å². The first kappa shape index (κ1) is 20.7. The Morgan fingerprint density at radius 1 is 0.871 bits per heavy atom. The van der Waals surface area contributed by atoms with Gasteiger partial charge < -0.3 is 14.8 Å². The van der Waals surface area contributed by atoms with E-state index in [9.17, 15) is 14.4 Å². The number of benzene rings is 3. The zero-order valence-electron chi connectivity index (χ0n) is 17.2. The molecule has 0 spiro atoms. The van der Waals surface area contributed by atoms with Gasteiger partial charge in [-0.05, 0) is 48.2 Å². The van der Waals surface area contributed by atoms with Crippen LogP contribution in [-0.4, -0.2) is 34.7 Å². The summed E-state index contributed by atoms with van der Waals surface area (Å²) >= 11 is 1.06. The molecule has 0 radical (unpaired) electrons. The molecule has 4 aromatic rings. The predicted octanol–water partition coefficient (Wildman–Crippen LogP) is 4.57. The summed E-state index contributed by atoms with van der Waals surface area (Å²) in [5.74, 6) is -0.246. The van der Waals surface area contributed by atoms with E-state index in [-0.39, 0.29) is 23.1 Å². The number of carbonyl (C=O) groups is 2.